The number of ether oxygens (including phenoxy) is 1. The molecule has 172 valence electrons. The van der Waals surface area contributed by atoms with Crippen LogP contribution in [0.25, 0.3) is 11.3 Å². The van der Waals surface area contributed by atoms with Crippen LogP contribution < -0.4 is 20.9 Å². The van der Waals surface area contributed by atoms with Gasteiger partial charge in [-0.15, -0.1) is 10.2 Å². The quantitative estimate of drug-likeness (QED) is 0.410. The third-order valence-electron chi connectivity index (χ3n) is 4.51. The molecule has 0 aliphatic heterocycles. The number of thioether (sulfide) groups is 1. The summed E-state index contributed by atoms with van der Waals surface area (Å²) >= 11 is 7.11. The van der Waals surface area contributed by atoms with E-state index in [0.29, 0.717) is 34.1 Å². The fourth-order valence-electron chi connectivity index (χ4n) is 2.99. The van der Waals surface area contributed by atoms with E-state index in [0.717, 1.165) is 11.8 Å². The summed E-state index contributed by atoms with van der Waals surface area (Å²) in [6, 6.07) is 11.7. The van der Waals surface area contributed by atoms with Crippen molar-refractivity contribution in [2.45, 2.75) is 30.7 Å². The fourth-order valence-corrected chi connectivity index (χ4v) is 4.00. The molecule has 33 heavy (non-hydrogen) atoms. The molecule has 0 saturated carbocycles. The lowest BCUT2D eigenvalue weighted by molar-refractivity contribution is -0.116. The number of hydrogen-bond donors (Lipinski definition) is 3. The molecule has 1 atom stereocenters. The predicted octanol–water partition coefficient (Wildman–Crippen LogP) is 3.96. The molecule has 11 heteroatoms. The minimum absolute atomic E-state index is 0.0601. The average molecular weight is 488 g/mol. The summed E-state index contributed by atoms with van der Waals surface area (Å²) in [4.78, 5) is 39.7. The number of anilines is 2. The first-order valence-electron chi connectivity index (χ1n) is 9.97. The average Bonchev–Trinajstić information content (AvgIpc) is 2.78. The molecule has 1 heterocycles. The maximum atomic E-state index is 12.8. The number of nitrogens with zero attached hydrogens (tertiary/aromatic N) is 2. The van der Waals surface area contributed by atoms with Crippen LogP contribution in [0, 0.1) is 0 Å². The van der Waals surface area contributed by atoms with Crippen molar-refractivity contribution in [3.05, 3.63) is 57.8 Å². The van der Waals surface area contributed by atoms with Gasteiger partial charge in [-0.25, -0.2) is 0 Å². The Kier molecular flexibility index (Phi) is 8.07. The van der Waals surface area contributed by atoms with E-state index >= 15 is 0 Å². The second-order valence-electron chi connectivity index (χ2n) is 6.88. The van der Waals surface area contributed by atoms with Gasteiger partial charge in [0.25, 0.3) is 5.56 Å². The molecule has 0 aliphatic rings. The lowest BCUT2D eigenvalue weighted by Gasteiger charge is -2.16. The number of carbonyl (C=O) groups is 2. The Balaban J connectivity index is 1.80. The molecule has 0 fully saturated rings. The van der Waals surface area contributed by atoms with E-state index in [9.17, 15) is 14.4 Å². The SMILES string of the molecule is CC[C@@H](Sc1nnc(-c2ccccc2NC(C)=O)c(=O)[nH]1)C(=O)Nc1cc(Cl)ccc1OC. The molecule has 9 nitrogen and oxygen atoms in total. The topological polar surface area (TPSA) is 126 Å². The van der Waals surface area contributed by atoms with Crippen molar-refractivity contribution in [2.75, 3.05) is 17.7 Å². The molecule has 3 N–H and O–H groups in total. The van der Waals surface area contributed by atoms with Gasteiger partial charge in [-0.05, 0) is 30.7 Å². The number of carbonyl (C=O) groups excluding carboxylic acids is 2. The Hall–Kier alpha value is -3.37. The van der Waals surface area contributed by atoms with Gasteiger partial charge in [0.05, 0.1) is 23.7 Å². The van der Waals surface area contributed by atoms with Crippen LogP contribution in [0.3, 0.4) is 0 Å². The zero-order chi connectivity index (χ0) is 24.0. The number of methoxy groups -OCH3 is 1. The monoisotopic (exact) mass is 487 g/mol. The molecule has 1 aromatic heterocycles. The summed E-state index contributed by atoms with van der Waals surface area (Å²) in [7, 11) is 1.50. The van der Waals surface area contributed by atoms with Gasteiger partial charge in [-0.1, -0.05) is 48.5 Å². The summed E-state index contributed by atoms with van der Waals surface area (Å²) in [5.74, 6) is -0.0964. The normalized spacial score (nSPS) is 11.5. The number of benzene rings is 2. The number of para-hydroxylation sites is 1. The number of amides is 2. The van der Waals surface area contributed by atoms with Gasteiger partial charge in [0.2, 0.25) is 11.8 Å². The Morgan fingerprint density at radius 3 is 2.58 bits per heavy atom. The summed E-state index contributed by atoms with van der Waals surface area (Å²) in [5.41, 5.74) is 0.905. The van der Waals surface area contributed by atoms with Gasteiger partial charge in [-0.3, -0.25) is 19.4 Å². The van der Waals surface area contributed by atoms with Crippen molar-refractivity contribution in [2.24, 2.45) is 0 Å². The lowest BCUT2D eigenvalue weighted by Crippen LogP contribution is -2.26. The van der Waals surface area contributed by atoms with Crippen LogP contribution in [0.15, 0.2) is 52.4 Å². The van der Waals surface area contributed by atoms with Gasteiger partial charge in [0, 0.05) is 17.5 Å². The number of aromatic amines is 1. The first-order chi connectivity index (χ1) is 15.8. The first kappa shape index (κ1) is 24.3. The van der Waals surface area contributed by atoms with Crippen molar-refractivity contribution >= 4 is 46.6 Å². The molecule has 0 saturated heterocycles. The number of rotatable bonds is 8. The molecule has 3 aromatic rings. The molecule has 3 rings (SSSR count). The highest BCUT2D eigenvalue weighted by Crippen LogP contribution is 2.30. The molecule has 0 unspecified atom stereocenters. The lowest BCUT2D eigenvalue weighted by atomic mass is 10.1. The van der Waals surface area contributed by atoms with E-state index in [4.69, 9.17) is 16.3 Å². The van der Waals surface area contributed by atoms with Crippen LogP contribution >= 0.6 is 23.4 Å². The Bertz CT molecular complexity index is 1230. The zero-order valence-corrected chi connectivity index (χ0v) is 19.7. The second kappa shape index (κ2) is 11.0. The maximum absolute atomic E-state index is 12.8. The van der Waals surface area contributed by atoms with Gasteiger partial charge in [-0.2, -0.15) is 0 Å². The molecular formula is C22H22ClN5O4S. The van der Waals surface area contributed by atoms with Gasteiger partial charge >= 0.3 is 0 Å². The predicted molar refractivity (Wildman–Crippen MR) is 129 cm³/mol. The highest BCUT2D eigenvalue weighted by molar-refractivity contribution is 8.00. The van der Waals surface area contributed by atoms with Crippen LogP contribution in [-0.4, -0.2) is 39.4 Å². The Morgan fingerprint density at radius 2 is 1.91 bits per heavy atom. The van der Waals surface area contributed by atoms with E-state index in [1.807, 2.05) is 6.92 Å². The maximum Gasteiger partial charge on any atom is 0.278 e. The zero-order valence-electron chi connectivity index (χ0n) is 18.1. The van der Waals surface area contributed by atoms with E-state index in [1.54, 1.807) is 42.5 Å². The van der Waals surface area contributed by atoms with Crippen LogP contribution in [0.5, 0.6) is 5.75 Å². The third-order valence-corrected chi connectivity index (χ3v) is 5.98. The summed E-state index contributed by atoms with van der Waals surface area (Å²) in [5, 5.41) is 13.7. The highest BCUT2D eigenvalue weighted by atomic mass is 35.5. The molecule has 0 bridgehead atoms. The number of H-pyrrole nitrogens is 1. The van der Waals surface area contributed by atoms with Crippen molar-refractivity contribution in [1.82, 2.24) is 15.2 Å². The van der Waals surface area contributed by atoms with Crippen LogP contribution in [-0.2, 0) is 9.59 Å². The van der Waals surface area contributed by atoms with E-state index in [1.165, 1.54) is 14.0 Å². The Labute approximate surface area is 199 Å². The van der Waals surface area contributed by atoms with Crippen LogP contribution in [0.4, 0.5) is 11.4 Å². The first-order valence-corrected chi connectivity index (χ1v) is 11.2. The van der Waals surface area contributed by atoms with E-state index in [2.05, 4.69) is 25.8 Å². The molecule has 2 amide bonds. The number of hydrogen-bond acceptors (Lipinski definition) is 7. The summed E-state index contributed by atoms with van der Waals surface area (Å²) < 4.78 is 5.26. The largest absolute Gasteiger partial charge is 0.495 e. The number of halogens is 1. The van der Waals surface area contributed by atoms with Crippen molar-refractivity contribution in [1.29, 1.82) is 0 Å². The minimum atomic E-state index is -0.559. The standard InChI is InChI=1S/C22H22ClN5O4S/c1-4-18(20(30)25-16-11-13(23)9-10-17(16)32-3)33-22-26-21(31)19(27-28-22)14-7-5-6-8-15(14)24-12(2)29/h5-11,18H,4H2,1-3H3,(H,24,29)(H,25,30)(H,26,28,31)/t18-/m1/s1. The summed E-state index contributed by atoms with van der Waals surface area (Å²) in [6.07, 6.45) is 0.468. The van der Waals surface area contributed by atoms with E-state index < -0.39 is 10.8 Å². The van der Waals surface area contributed by atoms with Crippen LogP contribution in [0.2, 0.25) is 5.02 Å². The molecule has 0 spiro atoms. The van der Waals surface area contributed by atoms with Crippen molar-refractivity contribution in [3.63, 3.8) is 0 Å². The van der Waals surface area contributed by atoms with Crippen molar-refractivity contribution in [3.8, 4) is 17.0 Å². The summed E-state index contributed by atoms with van der Waals surface area (Å²) in [6.45, 7) is 3.22. The van der Waals surface area contributed by atoms with Gasteiger partial charge < -0.3 is 15.4 Å². The fraction of sp³-hybridized carbons (Fsp3) is 0.227. The van der Waals surface area contributed by atoms with Gasteiger partial charge in [0.1, 0.15) is 5.75 Å². The molecule has 0 radical (unpaired) electrons. The molecule has 2 aromatic carbocycles. The number of nitrogens with one attached hydrogen (secondary N) is 3. The molecule has 0 aliphatic carbocycles. The van der Waals surface area contributed by atoms with E-state index in [-0.39, 0.29) is 22.7 Å². The third kappa shape index (κ3) is 6.11. The smallest absolute Gasteiger partial charge is 0.278 e. The van der Waals surface area contributed by atoms with Crippen molar-refractivity contribution < 1.29 is 14.3 Å². The van der Waals surface area contributed by atoms with Gasteiger partial charge in [0.15, 0.2) is 10.9 Å². The number of aromatic nitrogens is 3. The molecular weight excluding hydrogens is 466 g/mol. The van der Waals surface area contributed by atoms with Crippen LogP contribution in [0.1, 0.15) is 20.3 Å². The highest BCUT2D eigenvalue weighted by Gasteiger charge is 2.22. The minimum Gasteiger partial charge on any atom is -0.495 e. The Morgan fingerprint density at radius 1 is 1.15 bits per heavy atom. The second-order valence-corrected chi connectivity index (χ2v) is 8.51.